The maximum Gasteiger partial charge on any atom is 0.0593 e. The molecule has 1 rings (SSSR count). The lowest BCUT2D eigenvalue weighted by Crippen LogP contribution is -2.40. The topological polar surface area (TPSA) is 29.3 Å². The molecule has 2 unspecified atom stereocenters. The van der Waals surface area contributed by atoms with Crippen molar-refractivity contribution in [2.45, 2.75) is 45.7 Å². The van der Waals surface area contributed by atoms with Gasteiger partial charge in [0.05, 0.1) is 6.04 Å². The summed E-state index contributed by atoms with van der Waals surface area (Å²) in [5.74, 6) is 0. The van der Waals surface area contributed by atoms with E-state index in [1.165, 1.54) is 11.3 Å². The number of rotatable bonds is 7. The second kappa shape index (κ2) is 7.05. The van der Waals surface area contributed by atoms with Crippen molar-refractivity contribution in [1.29, 1.82) is 0 Å². The van der Waals surface area contributed by atoms with Gasteiger partial charge < -0.3 is 5.73 Å². The van der Waals surface area contributed by atoms with Crippen molar-refractivity contribution >= 4 is 11.3 Å². The molecule has 0 radical (unpaired) electrons. The summed E-state index contributed by atoms with van der Waals surface area (Å²) in [5.41, 5.74) is 6.28. The van der Waals surface area contributed by atoms with E-state index in [0.717, 1.165) is 19.5 Å². The predicted octanol–water partition coefficient (Wildman–Crippen LogP) is 3.26. The number of hydrogen-bond donors (Lipinski definition) is 1. The monoisotopic (exact) mass is 240 g/mol. The van der Waals surface area contributed by atoms with Gasteiger partial charge in [-0.05, 0) is 37.4 Å². The second-order valence-electron chi connectivity index (χ2n) is 4.16. The summed E-state index contributed by atoms with van der Waals surface area (Å²) in [7, 11) is 0. The third-order valence-electron chi connectivity index (χ3n) is 3.02. The Morgan fingerprint density at radius 1 is 1.38 bits per heavy atom. The lowest BCUT2D eigenvalue weighted by Gasteiger charge is -2.33. The van der Waals surface area contributed by atoms with Gasteiger partial charge in [-0.1, -0.05) is 26.8 Å². The van der Waals surface area contributed by atoms with E-state index in [4.69, 9.17) is 5.73 Å². The normalized spacial score (nSPS) is 15.3. The Morgan fingerprint density at radius 3 is 2.56 bits per heavy atom. The van der Waals surface area contributed by atoms with Crippen LogP contribution in [0, 0.1) is 0 Å². The van der Waals surface area contributed by atoms with Crippen LogP contribution in [0.2, 0.25) is 0 Å². The number of thiophene rings is 1. The number of hydrogen-bond acceptors (Lipinski definition) is 3. The highest BCUT2D eigenvalue weighted by atomic mass is 32.1. The van der Waals surface area contributed by atoms with Crippen molar-refractivity contribution in [2.24, 2.45) is 5.73 Å². The van der Waals surface area contributed by atoms with Gasteiger partial charge in [0.2, 0.25) is 0 Å². The average molecular weight is 240 g/mol. The van der Waals surface area contributed by atoms with E-state index in [1.807, 2.05) is 11.3 Å². The van der Waals surface area contributed by atoms with Crippen molar-refractivity contribution in [3.63, 3.8) is 0 Å². The molecular formula is C13H24N2S. The molecule has 0 amide bonds. The largest absolute Gasteiger partial charge is 0.326 e. The van der Waals surface area contributed by atoms with Crippen molar-refractivity contribution < 1.29 is 0 Å². The molecule has 16 heavy (non-hydrogen) atoms. The molecule has 1 aromatic rings. The van der Waals surface area contributed by atoms with Crippen LogP contribution in [0.1, 0.15) is 44.5 Å². The SMILES string of the molecule is CCCN(CC)C(c1cccs1)C(N)CC. The first-order chi connectivity index (χ1) is 7.74. The average Bonchev–Trinajstić information content (AvgIpc) is 2.81. The molecule has 0 bridgehead atoms. The van der Waals surface area contributed by atoms with E-state index in [1.54, 1.807) is 0 Å². The van der Waals surface area contributed by atoms with Crippen LogP contribution in [0.15, 0.2) is 17.5 Å². The van der Waals surface area contributed by atoms with Gasteiger partial charge >= 0.3 is 0 Å². The van der Waals surface area contributed by atoms with Crippen LogP contribution in [0.25, 0.3) is 0 Å². The Kier molecular flexibility index (Phi) is 6.03. The minimum absolute atomic E-state index is 0.241. The Balaban J connectivity index is 2.85. The number of nitrogens with zero attached hydrogens (tertiary/aromatic N) is 1. The molecule has 0 saturated carbocycles. The lowest BCUT2D eigenvalue weighted by atomic mass is 10.0. The third kappa shape index (κ3) is 3.30. The summed E-state index contributed by atoms with van der Waals surface area (Å²) >= 11 is 1.82. The van der Waals surface area contributed by atoms with E-state index in [0.29, 0.717) is 6.04 Å². The fourth-order valence-electron chi connectivity index (χ4n) is 2.13. The second-order valence-corrected chi connectivity index (χ2v) is 5.14. The van der Waals surface area contributed by atoms with Crippen molar-refractivity contribution in [2.75, 3.05) is 13.1 Å². The van der Waals surface area contributed by atoms with Crippen LogP contribution in [-0.2, 0) is 0 Å². The molecule has 1 aromatic heterocycles. The first-order valence-electron chi connectivity index (χ1n) is 6.27. The van der Waals surface area contributed by atoms with Gasteiger partial charge in [-0.25, -0.2) is 0 Å². The molecule has 0 saturated heterocycles. The van der Waals surface area contributed by atoms with Gasteiger partial charge in [-0.15, -0.1) is 11.3 Å². The van der Waals surface area contributed by atoms with Crippen molar-refractivity contribution in [3.05, 3.63) is 22.4 Å². The Bertz CT molecular complexity index is 271. The van der Waals surface area contributed by atoms with Crippen LogP contribution in [0.5, 0.6) is 0 Å². The third-order valence-corrected chi connectivity index (χ3v) is 3.96. The summed E-state index contributed by atoms with van der Waals surface area (Å²) in [6.07, 6.45) is 2.22. The van der Waals surface area contributed by atoms with Crippen molar-refractivity contribution in [3.8, 4) is 0 Å². The maximum absolute atomic E-state index is 6.28. The van der Waals surface area contributed by atoms with Gasteiger partial charge in [-0.3, -0.25) is 4.90 Å². The molecular weight excluding hydrogens is 216 g/mol. The highest BCUT2D eigenvalue weighted by molar-refractivity contribution is 7.10. The maximum atomic E-state index is 6.28. The summed E-state index contributed by atoms with van der Waals surface area (Å²) in [4.78, 5) is 3.91. The van der Waals surface area contributed by atoms with E-state index < -0.39 is 0 Å². The zero-order chi connectivity index (χ0) is 12.0. The highest BCUT2D eigenvalue weighted by Gasteiger charge is 2.24. The van der Waals surface area contributed by atoms with Crippen LogP contribution in [-0.4, -0.2) is 24.0 Å². The van der Waals surface area contributed by atoms with E-state index in [2.05, 4.69) is 43.2 Å². The zero-order valence-electron chi connectivity index (χ0n) is 10.6. The van der Waals surface area contributed by atoms with Crippen molar-refractivity contribution in [1.82, 2.24) is 4.90 Å². The fourth-order valence-corrected chi connectivity index (χ4v) is 3.06. The van der Waals surface area contributed by atoms with Crippen LogP contribution >= 0.6 is 11.3 Å². The lowest BCUT2D eigenvalue weighted by molar-refractivity contribution is 0.181. The molecule has 2 N–H and O–H groups in total. The van der Waals surface area contributed by atoms with Crippen LogP contribution in [0.3, 0.4) is 0 Å². The Morgan fingerprint density at radius 2 is 2.12 bits per heavy atom. The summed E-state index contributed by atoms with van der Waals surface area (Å²) in [6, 6.07) is 4.97. The molecule has 0 aliphatic heterocycles. The minimum atomic E-state index is 0.241. The van der Waals surface area contributed by atoms with Gasteiger partial charge in [0.15, 0.2) is 0 Å². The molecule has 2 atom stereocenters. The van der Waals surface area contributed by atoms with Crippen LogP contribution < -0.4 is 5.73 Å². The van der Waals surface area contributed by atoms with Gasteiger partial charge in [-0.2, -0.15) is 0 Å². The number of nitrogens with two attached hydrogens (primary N) is 1. The van der Waals surface area contributed by atoms with E-state index in [9.17, 15) is 0 Å². The van der Waals surface area contributed by atoms with E-state index in [-0.39, 0.29) is 6.04 Å². The first-order valence-corrected chi connectivity index (χ1v) is 7.15. The van der Waals surface area contributed by atoms with Crippen LogP contribution in [0.4, 0.5) is 0 Å². The summed E-state index contributed by atoms with van der Waals surface area (Å²) < 4.78 is 0. The molecule has 1 heterocycles. The quantitative estimate of drug-likeness (QED) is 0.792. The van der Waals surface area contributed by atoms with Gasteiger partial charge in [0, 0.05) is 10.9 Å². The smallest absolute Gasteiger partial charge is 0.0593 e. The van der Waals surface area contributed by atoms with E-state index >= 15 is 0 Å². The molecule has 0 fully saturated rings. The molecule has 3 heteroatoms. The molecule has 0 aromatic carbocycles. The Labute approximate surface area is 103 Å². The summed E-state index contributed by atoms with van der Waals surface area (Å²) in [6.45, 7) is 8.83. The number of likely N-dealkylation sites (N-methyl/N-ethyl adjacent to an activating group) is 1. The Hall–Kier alpha value is -0.380. The zero-order valence-corrected chi connectivity index (χ0v) is 11.5. The first kappa shape index (κ1) is 13.7. The standard InChI is InChI=1S/C13H24N2S/c1-4-9-15(6-3)13(11(14)5-2)12-8-7-10-16-12/h7-8,10-11,13H,4-6,9,14H2,1-3H3. The molecule has 92 valence electrons. The highest BCUT2D eigenvalue weighted by Crippen LogP contribution is 2.28. The summed E-state index contributed by atoms with van der Waals surface area (Å²) in [5, 5.41) is 2.14. The minimum Gasteiger partial charge on any atom is -0.326 e. The van der Waals surface area contributed by atoms with Gasteiger partial charge in [0.1, 0.15) is 0 Å². The molecule has 0 aliphatic carbocycles. The van der Waals surface area contributed by atoms with Gasteiger partial charge in [0.25, 0.3) is 0 Å². The molecule has 0 spiro atoms. The molecule has 2 nitrogen and oxygen atoms in total. The molecule has 0 aliphatic rings. The fraction of sp³-hybridized carbons (Fsp3) is 0.692. The predicted molar refractivity (Wildman–Crippen MR) is 72.9 cm³/mol.